The summed E-state index contributed by atoms with van der Waals surface area (Å²) < 4.78 is 26.8. The Morgan fingerprint density at radius 2 is 2.00 bits per heavy atom. The number of urea groups is 1. The fourth-order valence-corrected chi connectivity index (χ4v) is 1.70. The number of carbonyl (C=O) groups excluding carboxylic acids is 1. The van der Waals surface area contributed by atoms with Gasteiger partial charge in [-0.3, -0.25) is 0 Å². The van der Waals surface area contributed by atoms with Crippen molar-refractivity contribution >= 4 is 23.3 Å². The van der Waals surface area contributed by atoms with Gasteiger partial charge in [-0.05, 0) is 31.9 Å². The third-order valence-electron chi connectivity index (χ3n) is 2.42. The number of carbonyl (C=O) groups is 1. The van der Waals surface area contributed by atoms with E-state index in [4.69, 9.17) is 16.7 Å². The summed E-state index contributed by atoms with van der Waals surface area (Å²) >= 11 is 5.47. The Bertz CT molecular complexity index is 434. The minimum atomic E-state index is -0.942. The minimum absolute atomic E-state index is 0.0219. The molecule has 1 unspecified atom stereocenters. The van der Waals surface area contributed by atoms with Crippen LogP contribution in [0.15, 0.2) is 12.1 Å². The second-order valence-corrected chi connectivity index (χ2v) is 4.55. The van der Waals surface area contributed by atoms with Gasteiger partial charge in [-0.15, -0.1) is 0 Å². The van der Waals surface area contributed by atoms with Crippen molar-refractivity contribution in [1.29, 1.82) is 0 Å². The largest absolute Gasteiger partial charge is 0.396 e. The van der Waals surface area contributed by atoms with Crippen LogP contribution >= 0.6 is 11.6 Å². The number of hydrogen-bond acceptors (Lipinski definition) is 2. The number of anilines is 1. The number of benzene rings is 1. The number of aliphatic hydroxyl groups is 1. The lowest BCUT2D eigenvalue weighted by atomic mass is 10.2. The summed E-state index contributed by atoms with van der Waals surface area (Å²) in [6.07, 6.45) is 1.10. The molecule has 0 aliphatic heterocycles. The second kappa shape index (κ2) is 7.25. The Morgan fingerprint density at radius 3 is 2.53 bits per heavy atom. The van der Waals surface area contributed by atoms with Gasteiger partial charge in [-0.25, -0.2) is 13.6 Å². The first kappa shape index (κ1) is 15.7. The molecule has 1 aromatic rings. The molecule has 19 heavy (non-hydrogen) atoms. The van der Waals surface area contributed by atoms with Gasteiger partial charge in [0.15, 0.2) is 11.6 Å². The van der Waals surface area contributed by atoms with Crippen LogP contribution in [0.3, 0.4) is 0 Å². The molecule has 0 saturated carbocycles. The van der Waals surface area contributed by atoms with Crippen LogP contribution in [-0.2, 0) is 0 Å². The molecule has 7 heteroatoms. The van der Waals surface area contributed by atoms with Gasteiger partial charge in [-0.2, -0.15) is 0 Å². The quantitative estimate of drug-likeness (QED) is 0.781. The average molecular weight is 293 g/mol. The lowest BCUT2D eigenvalue weighted by Gasteiger charge is -2.14. The molecule has 0 aliphatic carbocycles. The first-order chi connectivity index (χ1) is 8.93. The van der Waals surface area contributed by atoms with Gasteiger partial charge in [0.2, 0.25) is 0 Å². The fraction of sp³-hybridized carbons (Fsp3) is 0.417. The third kappa shape index (κ3) is 5.00. The maximum atomic E-state index is 13.4. The lowest BCUT2D eigenvalue weighted by molar-refractivity contribution is 0.245. The molecule has 0 aliphatic rings. The molecule has 0 bridgehead atoms. The zero-order valence-electron chi connectivity index (χ0n) is 10.3. The maximum absolute atomic E-state index is 13.4. The van der Waals surface area contributed by atoms with Gasteiger partial charge >= 0.3 is 6.03 Å². The van der Waals surface area contributed by atoms with E-state index in [-0.39, 0.29) is 17.7 Å². The molecule has 106 valence electrons. The molecule has 0 aromatic heterocycles. The van der Waals surface area contributed by atoms with E-state index in [9.17, 15) is 13.6 Å². The molecule has 2 amide bonds. The van der Waals surface area contributed by atoms with Crippen molar-refractivity contribution in [2.24, 2.45) is 0 Å². The molecule has 3 N–H and O–H groups in total. The van der Waals surface area contributed by atoms with Crippen LogP contribution in [-0.4, -0.2) is 23.8 Å². The molecule has 1 atom stereocenters. The molecule has 0 fully saturated rings. The SMILES string of the molecule is CC(CCCO)NC(=O)Nc1c(F)cc(Cl)cc1F. The molecule has 0 saturated heterocycles. The molecule has 0 spiro atoms. The highest BCUT2D eigenvalue weighted by molar-refractivity contribution is 6.30. The third-order valence-corrected chi connectivity index (χ3v) is 2.64. The standard InChI is InChI=1S/C12H15ClF2N2O2/c1-7(3-2-4-18)16-12(19)17-11-9(14)5-8(13)6-10(11)15/h5-7,18H,2-4H2,1H3,(H2,16,17,19). The Labute approximate surface area is 114 Å². The number of halogens is 3. The van der Waals surface area contributed by atoms with E-state index in [0.29, 0.717) is 12.8 Å². The molecule has 0 radical (unpaired) electrons. The average Bonchev–Trinajstić information content (AvgIpc) is 2.31. The first-order valence-corrected chi connectivity index (χ1v) is 6.14. The summed E-state index contributed by atoms with van der Waals surface area (Å²) in [6.45, 7) is 1.75. The molecule has 1 rings (SSSR count). The van der Waals surface area contributed by atoms with Crippen LogP contribution in [0.5, 0.6) is 0 Å². The van der Waals surface area contributed by atoms with E-state index < -0.39 is 23.4 Å². The van der Waals surface area contributed by atoms with Gasteiger partial charge in [0.1, 0.15) is 5.69 Å². The van der Waals surface area contributed by atoms with Gasteiger partial charge in [0, 0.05) is 17.7 Å². The Hall–Kier alpha value is -1.40. The summed E-state index contributed by atoms with van der Waals surface area (Å²) in [5.41, 5.74) is -0.545. The zero-order chi connectivity index (χ0) is 14.4. The summed E-state index contributed by atoms with van der Waals surface area (Å²) in [7, 11) is 0. The van der Waals surface area contributed by atoms with Crippen molar-refractivity contribution in [3.63, 3.8) is 0 Å². The van der Waals surface area contributed by atoms with Crippen LogP contribution < -0.4 is 10.6 Å². The molecule has 4 nitrogen and oxygen atoms in total. The van der Waals surface area contributed by atoms with Crippen molar-refractivity contribution in [2.75, 3.05) is 11.9 Å². The number of nitrogens with one attached hydrogen (secondary N) is 2. The highest BCUT2D eigenvalue weighted by Crippen LogP contribution is 2.23. The minimum Gasteiger partial charge on any atom is -0.396 e. The van der Waals surface area contributed by atoms with E-state index in [1.165, 1.54) is 0 Å². The van der Waals surface area contributed by atoms with Gasteiger partial charge in [0.05, 0.1) is 0 Å². The highest BCUT2D eigenvalue weighted by Gasteiger charge is 2.14. The van der Waals surface area contributed by atoms with Gasteiger partial charge in [-0.1, -0.05) is 11.6 Å². The van der Waals surface area contributed by atoms with E-state index in [2.05, 4.69) is 10.6 Å². The monoisotopic (exact) mass is 292 g/mol. The summed E-state index contributed by atoms with van der Waals surface area (Å²) in [6, 6.07) is 0.890. The van der Waals surface area contributed by atoms with E-state index in [1.807, 2.05) is 0 Å². The van der Waals surface area contributed by atoms with Gasteiger partial charge in [0.25, 0.3) is 0 Å². The predicted molar refractivity (Wildman–Crippen MR) is 69.3 cm³/mol. The van der Waals surface area contributed by atoms with E-state index >= 15 is 0 Å². The van der Waals surface area contributed by atoms with E-state index in [0.717, 1.165) is 12.1 Å². The topological polar surface area (TPSA) is 61.4 Å². The van der Waals surface area contributed by atoms with Gasteiger partial charge < -0.3 is 15.7 Å². The molecular weight excluding hydrogens is 278 g/mol. The van der Waals surface area contributed by atoms with Crippen molar-refractivity contribution in [1.82, 2.24) is 5.32 Å². The van der Waals surface area contributed by atoms with E-state index in [1.54, 1.807) is 6.92 Å². The summed E-state index contributed by atoms with van der Waals surface area (Å²) in [4.78, 5) is 11.5. The Kier molecular flexibility index (Phi) is 5.98. The number of rotatable bonds is 5. The maximum Gasteiger partial charge on any atom is 0.319 e. The van der Waals surface area contributed by atoms with Crippen molar-refractivity contribution < 1.29 is 18.7 Å². The zero-order valence-corrected chi connectivity index (χ0v) is 11.1. The first-order valence-electron chi connectivity index (χ1n) is 5.77. The van der Waals surface area contributed by atoms with Crippen LogP contribution in [0, 0.1) is 11.6 Å². The predicted octanol–water partition coefficient (Wildman–Crippen LogP) is 2.90. The van der Waals surface area contributed by atoms with Crippen molar-refractivity contribution in [3.8, 4) is 0 Å². The lowest BCUT2D eigenvalue weighted by Crippen LogP contribution is -2.36. The van der Waals surface area contributed by atoms with Crippen molar-refractivity contribution in [3.05, 3.63) is 28.8 Å². The normalized spacial score (nSPS) is 12.1. The van der Waals surface area contributed by atoms with Crippen LogP contribution in [0.4, 0.5) is 19.3 Å². The Morgan fingerprint density at radius 1 is 1.42 bits per heavy atom. The Balaban J connectivity index is 2.62. The molecule has 0 heterocycles. The number of amides is 2. The summed E-state index contributed by atoms with van der Waals surface area (Å²) in [5.74, 6) is -1.88. The highest BCUT2D eigenvalue weighted by atomic mass is 35.5. The number of hydrogen-bond donors (Lipinski definition) is 3. The van der Waals surface area contributed by atoms with Crippen LogP contribution in [0.1, 0.15) is 19.8 Å². The van der Waals surface area contributed by atoms with Crippen LogP contribution in [0.2, 0.25) is 5.02 Å². The number of aliphatic hydroxyl groups excluding tert-OH is 1. The van der Waals surface area contributed by atoms with Crippen molar-refractivity contribution in [2.45, 2.75) is 25.8 Å². The summed E-state index contributed by atoms with van der Waals surface area (Å²) in [5, 5.41) is 13.2. The fourth-order valence-electron chi connectivity index (χ4n) is 1.50. The molecule has 1 aromatic carbocycles. The van der Waals surface area contributed by atoms with Crippen LogP contribution in [0.25, 0.3) is 0 Å². The molecular formula is C12H15ClF2N2O2. The smallest absolute Gasteiger partial charge is 0.319 e. The second-order valence-electron chi connectivity index (χ2n) is 4.11.